The second kappa shape index (κ2) is 6.83. The Labute approximate surface area is 130 Å². The summed E-state index contributed by atoms with van der Waals surface area (Å²) >= 11 is 0. The second-order valence-corrected chi connectivity index (χ2v) is 7.78. The molecule has 2 rings (SSSR count). The van der Waals surface area contributed by atoms with E-state index in [1.807, 2.05) is 0 Å². The van der Waals surface area contributed by atoms with Crippen LogP contribution in [-0.2, 0) is 0 Å². The first-order chi connectivity index (χ1) is 9.90. The van der Waals surface area contributed by atoms with E-state index in [4.69, 9.17) is 0 Å². The van der Waals surface area contributed by atoms with E-state index < -0.39 is 0 Å². The Morgan fingerprint density at radius 1 is 1.10 bits per heavy atom. The molecule has 0 spiro atoms. The van der Waals surface area contributed by atoms with Crippen molar-refractivity contribution >= 4 is 5.69 Å². The van der Waals surface area contributed by atoms with Gasteiger partial charge >= 0.3 is 0 Å². The molecule has 1 aromatic carbocycles. The first kappa shape index (κ1) is 16.4. The average molecular weight is 289 g/mol. The molecule has 2 heteroatoms. The van der Waals surface area contributed by atoms with Crippen molar-refractivity contribution in [2.75, 3.05) is 11.9 Å². The van der Waals surface area contributed by atoms with Crippen molar-refractivity contribution in [1.29, 1.82) is 0 Å². The molecular weight excluding hydrogens is 258 g/mol. The lowest BCUT2D eigenvalue weighted by atomic mass is 9.68. The third-order valence-corrected chi connectivity index (χ3v) is 5.17. The molecule has 0 aromatic heterocycles. The Morgan fingerprint density at radius 2 is 1.67 bits per heavy atom. The predicted molar refractivity (Wildman–Crippen MR) is 90.6 cm³/mol. The van der Waals surface area contributed by atoms with Crippen LogP contribution in [0.25, 0.3) is 0 Å². The number of hydrogen-bond acceptors (Lipinski definition) is 2. The Kier molecular flexibility index (Phi) is 5.32. The average Bonchev–Trinajstić information content (AvgIpc) is 2.46. The van der Waals surface area contributed by atoms with Gasteiger partial charge < -0.3 is 10.4 Å². The minimum absolute atomic E-state index is 0.189. The van der Waals surface area contributed by atoms with Gasteiger partial charge in [-0.25, -0.2) is 0 Å². The minimum atomic E-state index is 0.189. The largest absolute Gasteiger partial charge is 0.394 e. The molecule has 0 amide bonds. The highest BCUT2D eigenvalue weighted by Crippen LogP contribution is 2.41. The van der Waals surface area contributed by atoms with Crippen LogP contribution in [0.2, 0.25) is 0 Å². The summed E-state index contributed by atoms with van der Waals surface area (Å²) in [4.78, 5) is 0. The summed E-state index contributed by atoms with van der Waals surface area (Å²) in [6, 6.07) is 8.64. The highest BCUT2D eigenvalue weighted by Gasteiger charge is 2.32. The molecule has 0 heterocycles. The summed E-state index contributed by atoms with van der Waals surface area (Å²) < 4.78 is 0. The van der Waals surface area contributed by atoms with Gasteiger partial charge in [0, 0.05) is 5.69 Å². The molecule has 1 aliphatic carbocycles. The zero-order valence-corrected chi connectivity index (χ0v) is 14.0. The van der Waals surface area contributed by atoms with Gasteiger partial charge in [0.1, 0.15) is 0 Å². The first-order valence-corrected chi connectivity index (χ1v) is 8.34. The fraction of sp³-hybridized carbons (Fsp3) is 0.684. The van der Waals surface area contributed by atoms with Crippen molar-refractivity contribution in [3.63, 3.8) is 0 Å². The summed E-state index contributed by atoms with van der Waals surface area (Å²) in [7, 11) is 0. The van der Waals surface area contributed by atoms with Crippen molar-refractivity contribution in [2.24, 2.45) is 17.3 Å². The van der Waals surface area contributed by atoms with Crippen LogP contribution in [0.15, 0.2) is 24.3 Å². The molecule has 0 aliphatic heterocycles. The third-order valence-electron chi connectivity index (χ3n) is 5.17. The zero-order valence-electron chi connectivity index (χ0n) is 14.0. The van der Waals surface area contributed by atoms with Gasteiger partial charge in [0.2, 0.25) is 0 Å². The maximum Gasteiger partial charge on any atom is 0.0635 e. The van der Waals surface area contributed by atoms with Crippen molar-refractivity contribution in [3.05, 3.63) is 29.8 Å². The molecular formula is C19H31NO. The molecule has 118 valence electrons. The predicted octanol–water partition coefficient (Wildman–Crippen LogP) is 4.62. The summed E-state index contributed by atoms with van der Waals surface area (Å²) in [5.41, 5.74) is 2.81. The quantitative estimate of drug-likeness (QED) is 0.847. The summed E-state index contributed by atoms with van der Waals surface area (Å²) in [6.07, 6.45) is 5.04. The molecule has 0 saturated heterocycles. The highest BCUT2D eigenvalue weighted by molar-refractivity contribution is 5.45. The Morgan fingerprint density at radius 3 is 2.14 bits per heavy atom. The lowest BCUT2D eigenvalue weighted by Crippen LogP contribution is -2.37. The fourth-order valence-corrected chi connectivity index (χ4v) is 3.56. The van der Waals surface area contributed by atoms with Gasteiger partial charge in [-0.3, -0.25) is 0 Å². The van der Waals surface area contributed by atoms with E-state index in [-0.39, 0.29) is 12.6 Å². The summed E-state index contributed by atoms with van der Waals surface area (Å²) in [6.45, 7) is 9.38. The van der Waals surface area contributed by atoms with Gasteiger partial charge in [-0.1, -0.05) is 38.5 Å². The third kappa shape index (κ3) is 4.47. The van der Waals surface area contributed by atoms with Crippen LogP contribution >= 0.6 is 0 Å². The van der Waals surface area contributed by atoms with Crippen LogP contribution in [0.4, 0.5) is 5.69 Å². The van der Waals surface area contributed by atoms with E-state index in [0.717, 1.165) is 11.6 Å². The van der Waals surface area contributed by atoms with E-state index >= 15 is 0 Å². The Balaban J connectivity index is 1.92. The number of aliphatic hydroxyl groups is 1. The molecule has 0 radical (unpaired) electrons. The molecule has 1 fully saturated rings. The molecule has 1 aromatic rings. The monoisotopic (exact) mass is 289 g/mol. The second-order valence-electron chi connectivity index (χ2n) is 7.78. The van der Waals surface area contributed by atoms with E-state index in [2.05, 4.69) is 57.3 Å². The standard InChI is InChI=1S/C19H31NO/c1-14-5-11-17(12-6-14)20-18(13-21)15-7-9-16(10-8-15)19(2,3)4/h5-6,11-12,15-16,18,20-21H,7-10,13H2,1-4H3. The van der Waals surface area contributed by atoms with Crippen molar-refractivity contribution < 1.29 is 5.11 Å². The number of anilines is 1. The van der Waals surface area contributed by atoms with E-state index in [9.17, 15) is 5.11 Å². The van der Waals surface area contributed by atoms with Crippen LogP contribution < -0.4 is 5.32 Å². The summed E-state index contributed by atoms with van der Waals surface area (Å²) in [5.74, 6) is 1.42. The normalized spacial score (nSPS) is 24.6. The number of rotatable bonds is 4. The van der Waals surface area contributed by atoms with Crippen LogP contribution in [-0.4, -0.2) is 17.8 Å². The first-order valence-electron chi connectivity index (χ1n) is 8.34. The van der Waals surface area contributed by atoms with Gasteiger partial charge in [0.05, 0.1) is 12.6 Å². The van der Waals surface area contributed by atoms with E-state index in [1.165, 1.54) is 31.2 Å². The van der Waals surface area contributed by atoms with Gasteiger partial charge in [0.25, 0.3) is 0 Å². The Hall–Kier alpha value is -1.02. The topological polar surface area (TPSA) is 32.3 Å². The van der Waals surface area contributed by atoms with Crippen molar-refractivity contribution in [1.82, 2.24) is 0 Å². The fourth-order valence-electron chi connectivity index (χ4n) is 3.56. The van der Waals surface area contributed by atoms with Crippen molar-refractivity contribution in [2.45, 2.75) is 59.4 Å². The number of hydrogen-bond donors (Lipinski definition) is 2. The lowest BCUT2D eigenvalue weighted by Gasteiger charge is -2.39. The van der Waals surface area contributed by atoms with Crippen LogP contribution in [0.5, 0.6) is 0 Å². The molecule has 2 N–H and O–H groups in total. The van der Waals surface area contributed by atoms with Crippen LogP contribution in [0, 0.1) is 24.2 Å². The zero-order chi connectivity index (χ0) is 15.5. The summed E-state index contributed by atoms with van der Waals surface area (Å²) in [5, 5.41) is 13.3. The number of benzene rings is 1. The lowest BCUT2D eigenvalue weighted by molar-refractivity contribution is 0.127. The highest BCUT2D eigenvalue weighted by atomic mass is 16.3. The Bertz CT molecular complexity index is 424. The maximum atomic E-state index is 9.76. The van der Waals surface area contributed by atoms with Gasteiger partial charge in [-0.2, -0.15) is 0 Å². The van der Waals surface area contributed by atoms with Crippen LogP contribution in [0.1, 0.15) is 52.0 Å². The molecule has 1 unspecified atom stereocenters. The number of nitrogens with one attached hydrogen (secondary N) is 1. The van der Waals surface area contributed by atoms with Gasteiger partial charge in [-0.15, -0.1) is 0 Å². The molecule has 0 bridgehead atoms. The minimum Gasteiger partial charge on any atom is -0.394 e. The maximum absolute atomic E-state index is 9.76. The van der Waals surface area contributed by atoms with Crippen LogP contribution in [0.3, 0.4) is 0 Å². The van der Waals surface area contributed by atoms with E-state index in [1.54, 1.807) is 0 Å². The van der Waals surface area contributed by atoms with E-state index in [0.29, 0.717) is 11.3 Å². The number of aryl methyl sites for hydroxylation is 1. The SMILES string of the molecule is Cc1ccc(NC(CO)C2CCC(C(C)(C)C)CC2)cc1. The molecule has 1 saturated carbocycles. The smallest absolute Gasteiger partial charge is 0.0635 e. The molecule has 21 heavy (non-hydrogen) atoms. The molecule has 2 nitrogen and oxygen atoms in total. The molecule has 1 aliphatic rings. The van der Waals surface area contributed by atoms with Crippen molar-refractivity contribution in [3.8, 4) is 0 Å². The molecule has 1 atom stereocenters. The van der Waals surface area contributed by atoms with Gasteiger partial charge in [-0.05, 0) is 62.0 Å². The van der Waals surface area contributed by atoms with Gasteiger partial charge in [0.15, 0.2) is 0 Å². The number of aliphatic hydroxyl groups excluding tert-OH is 1.